The number of carbonyl (C=O) groups is 1. The number of amides is 1. The molecule has 0 heterocycles. The van der Waals surface area contributed by atoms with E-state index < -0.39 is 0 Å². The number of carbonyl (C=O) groups excluding carboxylic acids is 1. The fourth-order valence-corrected chi connectivity index (χ4v) is 2.05. The molecule has 0 bridgehead atoms. The molecular weight excluding hydrogens is 224 g/mol. The Bertz CT molecular complexity index is 404. The number of nitrogens with zero attached hydrogens (tertiary/aromatic N) is 1. The fraction of sp³-hybridized carbons (Fsp3) is 0.533. The smallest absolute Gasteiger partial charge is 0.256 e. The van der Waals surface area contributed by atoms with Crippen LogP contribution in [0.2, 0.25) is 0 Å². The van der Waals surface area contributed by atoms with Crippen LogP contribution in [-0.2, 0) is 0 Å². The van der Waals surface area contributed by atoms with Crippen LogP contribution in [0.25, 0.3) is 0 Å². The Balaban J connectivity index is 3.10. The van der Waals surface area contributed by atoms with Crippen molar-refractivity contribution in [2.75, 3.05) is 12.3 Å². The average Bonchev–Trinajstić information content (AvgIpc) is 2.24. The van der Waals surface area contributed by atoms with E-state index in [4.69, 9.17) is 5.73 Å². The van der Waals surface area contributed by atoms with Crippen LogP contribution in [0.3, 0.4) is 0 Å². The molecule has 100 valence electrons. The summed E-state index contributed by atoms with van der Waals surface area (Å²) in [5, 5.41) is 0. The SMILES string of the molecule is Cc1cccc(N)c1C(=O)N(CC(C)C)C(C)C. The van der Waals surface area contributed by atoms with E-state index in [1.165, 1.54) is 0 Å². The van der Waals surface area contributed by atoms with Gasteiger partial charge in [0.15, 0.2) is 0 Å². The summed E-state index contributed by atoms with van der Waals surface area (Å²) in [7, 11) is 0. The lowest BCUT2D eigenvalue weighted by atomic mass is 10.0. The second kappa shape index (κ2) is 5.89. The molecule has 0 radical (unpaired) electrons. The molecule has 0 fully saturated rings. The maximum Gasteiger partial charge on any atom is 0.256 e. The third-order valence-electron chi connectivity index (χ3n) is 2.96. The Morgan fingerprint density at radius 2 is 1.89 bits per heavy atom. The van der Waals surface area contributed by atoms with Crippen LogP contribution in [0.5, 0.6) is 0 Å². The summed E-state index contributed by atoms with van der Waals surface area (Å²) < 4.78 is 0. The Morgan fingerprint density at radius 1 is 1.28 bits per heavy atom. The third kappa shape index (κ3) is 3.25. The number of rotatable bonds is 4. The van der Waals surface area contributed by atoms with E-state index in [0.29, 0.717) is 17.2 Å². The van der Waals surface area contributed by atoms with Crippen molar-refractivity contribution in [1.82, 2.24) is 4.90 Å². The van der Waals surface area contributed by atoms with Gasteiger partial charge in [-0.05, 0) is 38.3 Å². The maximum atomic E-state index is 12.6. The van der Waals surface area contributed by atoms with E-state index in [0.717, 1.165) is 12.1 Å². The number of benzene rings is 1. The number of anilines is 1. The van der Waals surface area contributed by atoms with Crippen LogP contribution in [0.15, 0.2) is 18.2 Å². The van der Waals surface area contributed by atoms with Gasteiger partial charge in [0.2, 0.25) is 0 Å². The molecule has 2 N–H and O–H groups in total. The number of nitrogens with two attached hydrogens (primary N) is 1. The lowest BCUT2D eigenvalue weighted by molar-refractivity contribution is 0.0682. The molecule has 0 spiro atoms. The zero-order chi connectivity index (χ0) is 13.9. The predicted molar refractivity (Wildman–Crippen MR) is 76.6 cm³/mol. The number of nitrogen functional groups attached to an aromatic ring is 1. The molecule has 0 saturated heterocycles. The summed E-state index contributed by atoms with van der Waals surface area (Å²) in [6.45, 7) is 11.0. The van der Waals surface area contributed by atoms with Crippen LogP contribution in [-0.4, -0.2) is 23.4 Å². The lowest BCUT2D eigenvalue weighted by Gasteiger charge is -2.29. The van der Waals surface area contributed by atoms with Gasteiger partial charge in [0, 0.05) is 18.3 Å². The molecule has 1 rings (SSSR count). The fourth-order valence-electron chi connectivity index (χ4n) is 2.05. The Labute approximate surface area is 110 Å². The summed E-state index contributed by atoms with van der Waals surface area (Å²) >= 11 is 0. The van der Waals surface area contributed by atoms with Gasteiger partial charge < -0.3 is 10.6 Å². The summed E-state index contributed by atoms with van der Waals surface area (Å²) in [5.74, 6) is 0.482. The molecule has 0 aliphatic carbocycles. The van der Waals surface area contributed by atoms with Gasteiger partial charge in [0.05, 0.1) is 5.56 Å². The molecule has 0 atom stereocenters. The van der Waals surface area contributed by atoms with Crippen molar-refractivity contribution in [3.8, 4) is 0 Å². The summed E-state index contributed by atoms with van der Waals surface area (Å²) in [4.78, 5) is 14.5. The van der Waals surface area contributed by atoms with E-state index in [-0.39, 0.29) is 11.9 Å². The first-order chi connectivity index (χ1) is 8.34. The highest BCUT2D eigenvalue weighted by atomic mass is 16.2. The molecule has 1 aromatic rings. The molecule has 0 aromatic heterocycles. The van der Waals surface area contributed by atoms with Gasteiger partial charge >= 0.3 is 0 Å². The van der Waals surface area contributed by atoms with Crippen molar-refractivity contribution in [3.63, 3.8) is 0 Å². The molecule has 0 unspecified atom stereocenters. The normalized spacial score (nSPS) is 11.1. The maximum absolute atomic E-state index is 12.6. The molecule has 18 heavy (non-hydrogen) atoms. The summed E-state index contributed by atoms with van der Waals surface area (Å²) in [6, 6.07) is 5.77. The van der Waals surface area contributed by atoms with Gasteiger partial charge in [-0.15, -0.1) is 0 Å². The number of hydrogen-bond acceptors (Lipinski definition) is 2. The van der Waals surface area contributed by atoms with Crippen molar-refractivity contribution >= 4 is 11.6 Å². The molecule has 0 saturated carbocycles. The van der Waals surface area contributed by atoms with Crippen LogP contribution >= 0.6 is 0 Å². The molecule has 1 aromatic carbocycles. The van der Waals surface area contributed by atoms with Crippen molar-refractivity contribution in [2.45, 2.75) is 40.7 Å². The second-order valence-electron chi connectivity index (χ2n) is 5.48. The van der Waals surface area contributed by atoms with Gasteiger partial charge in [-0.1, -0.05) is 26.0 Å². The zero-order valence-corrected chi connectivity index (χ0v) is 12.0. The highest BCUT2D eigenvalue weighted by Crippen LogP contribution is 2.20. The lowest BCUT2D eigenvalue weighted by Crippen LogP contribution is -2.40. The van der Waals surface area contributed by atoms with E-state index in [1.54, 1.807) is 6.07 Å². The molecule has 1 amide bonds. The number of hydrogen-bond donors (Lipinski definition) is 1. The van der Waals surface area contributed by atoms with Crippen LogP contribution in [0, 0.1) is 12.8 Å². The van der Waals surface area contributed by atoms with Crippen molar-refractivity contribution in [3.05, 3.63) is 29.3 Å². The summed E-state index contributed by atoms with van der Waals surface area (Å²) in [6.07, 6.45) is 0. The van der Waals surface area contributed by atoms with E-state index in [9.17, 15) is 4.79 Å². The average molecular weight is 248 g/mol. The Hall–Kier alpha value is -1.51. The minimum absolute atomic E-state index is 0.0364. The second-order valence-corrected chi connectivity index (χ2v) is 5.48. The third-order valence-corrected chi connectivity index (χ3v) is 2.96. The molecule has 3 heteroatoms. The van der Waals surface area contributed by atoms with Crippen molar-refractivity contribution in [1.29, 1.82) is 0 Å². The number of aryl methyl sites for hydroxylation is 1. The van der Waals surface area contributed by atoms with Gasteiger partial charge in [-0.3, -0.25) is 4.79 Å². The van der Waals surface area contributed by atoms with Gasteiger partial charge in [0.1, 0.15) is 0 Å². The topological polar surface area (TPSA) is 46.3 Å². The largest absolute Gasteiger partial charge is 0.398 e. The Kier molecular flexibility index (Phi) is 4.76. The van der Waals surface area contributed by atoms with E-state index in [2.05, 4.69) is 13.8 Å². The van der Waals surface area contributed by atoms with Crippen molar-refractivity contribution < 1.29 is 4.79 Å². The predicted octanol–water partition coefficient (Wildman–Crippen LogP) is 3.08. The standard InChI is InChI=1S/C15H24N2O/c1-10(2)9-17(11(3)4)15(18)14-12(5)7-6-8-13(14)16/h6-8,10-11H,9,16H2,1-5H3. The molecule has 0 aliphatic rings. The van der Waals surface area contributed by atoms with Gasteiger partial charge in [-0.25, -0.2) is 0 Å². The first kappa shape index (κ1) is 14.6. The van der Waals surface area contributed by atoms with Crippen LogP contribution in [0.4, 0.5) is 5.69 Å². The highest BCUT2D eigenvalue weighted by molar-refractivity contribution is 6.00. The van der Waals surface area contributed by atoms with Crippen LogP contribution < -0.4 is 5.73 Å². The molecule has 0 aliphatic heterocycles. The van der Waals surface area contributed by atoms with Gasteiger partial charge in [0.25, 0.3) is 5.91 Å². The molecular formula is C15H24N2O. The Morgan fingerprint density at radius 3 is 2.33 bits per heavy atom. The minimum Gasteiger partial charge on any atom is -0.398 e. The first-order valence-electron chi connectivity index (χ1n) is 6.50. The zero-order valence-electron chi connectivity index (χ0n) is 12.0. The van der Waals surface area contributed by atoms with Gasteiger partial charge in [-0.2, -0.15) is 0 Å². The van der Waals surface area contributed by atoms with Crippen LogP contribution in [0.1, 0.15) is 43.6 Å². The first-order valence-corrected chi connectivity index (χ1v) is 6.50. The monoisotopic (exact) mass is 248 g/mol. The van der Waals surface area contributed by atoms with E-state index in [1.807, 2.05) is 37.8 Å². The molecule has 3 nitrogen and oxygen atoms in total. The van der Waals surface area contributed by atoms with E-state index >= 15 is 0 Å². The quantitative estimate of drug-likeness (QED) is 0.832. The highest BCUT2D eigenvalue weighted by Gasteiger charge is 2.22. The minimum atomic E-state index is 0.0364. The summed E-state index contributed by atoms with van der Waals surface area (Å²) in [5.41, 5.74) is 8.09. The van der Waals surface area contributed by atoms with Crippen molar-refractivity contribution in [2.24, 2.45) is 5.92 Å².